The van der Waals surface area contributed by atoms with E-state index in [2.05, 4.69) is 30.9 Å². The van der Waals surface area contributed by atoms with Crippen molar-refractivity contribution in [3.05, 3.63) is 35.4 Å². The minimum atomic E-state index is -0.893. The van der Waals surface area contributed by atoms with Crippen molar-refractivity contribution >= 4 is 17.2 Å². The molecule has 1 aliphatic rings. The Balaban J connectivity index is 2.41. The Morgan fingerprint density at radius 1 is 1.42 bits per heavy atom. The molecule has 0 bridgehead atoms. The average molecular weight is 259 g/mol. The van der Waals surface area contributed by atoms with Crippen LogP contribution in [0.5, 0.6) is 0 Å². The Hall–Kier alpha value is -1.77. The van der Waals surface area contributed by atoms with Gasteiger partial charge in [0.05, 0.1) is 0 Å². The van der Waals surface area contributed by atoms with Crippen molar-refractivity contribution in [2.24, 2.45) is 0 Å². The minimum absolute atomic E-state index is 0.470. The minimum Gasteiger partial charge on any atom is -0.478 e. The molecule has 0 unspecified atom stereocenters. The number of hydrogen-bond acceptors (Lipinski definition) is 2. The number of benzene rings is 1. The van der Waals surface area contributed by atoms with Crippen molar-refractivity contribution in [1.82, 2.24) is 0 Å². The molecule has 0 aromatic heterocycles. The second kappa shape index (κ2) is 5.47. The molecule has 19 heavy (non-hydrogen) atoms. The molecule has 102 valence electrons. The Kier molecular flexibility index (Phi) is 3.93. The highest BCUT2D eigenvalue weighted by molar-refractivity contribution is 5.90. The standard InChI is InChI=1S/C16H21NO2/c1-11(2)17-8-4-5-13-6-7-14(10-15(13)17)12(3)9-16(18)19/h6-7,9-11H,4-5,8H2,1-3H3,(H,18,19)/b12-9+. The van der Waals surface area contributed by atoms with Crippen LogP contribution in [0.25, 0.3) is 5.57 Å². The molecule has 0 amide bonds. The fourth-order valence-corrected chi connectivity index (χ4v) is 2.65. The fraction of sp³-hybridized carbons (Fsp3) is 0.438. The van der Waals surface area contributed by atoms with Crippen LogP contribution in [0.2, 0.25) is 0 Å². The monoisotopic (exact) mass is 259 g/mol. The van der Waals surface area contributed by atoms with E-state index in [0.717, 1.165) is 24.1 Å². The summed E-state index contributed by atoms with van der Waals surface area (Å²) >= 11 is 0. The number of fused-ring (bicyclic) bond motifs is 1. The van der Waals surface area contributed by atoms with Gasteiger partial charge in [0.1, 0.15) is 0 Å². The molecule has 1 N–H and O–H groups in total. The van der Waals surface area contributed by atoms with Crippen molar-refractivity contribution in [2.45, 2.75) is 39.7 Å². The molecule has 0 radical (unpaired) electrons. The number of carbonyl (C=O) groups is 1. The average Bonchev–Trinajstić information content (AvgIpc) is 2.36. The van der Waals surface area contributed by atoms with E-state index >= 15 is 0 Å². The largest absolute Gasteiger partial charge is 0.478 e. The van der Waals surface area contributed by atoms with E-state index in [-0.39, 0.29) is 0 Å². The van der Waals surface area contributed by atoms with Gasteiger partial charge in [-0.15, -0.1) is 0 Å². The first-order valence-electron chi connectivity index (χ1n) is 6.80. The summed E-state index contributed by atoms with van der Waals surface area (Å²) < 4.78 is 0. The lowest BCUT2D eigenvalue weighted by Crippen LogP contribution is -2.35. The quantitative estimate of drug-likeness (QED) is 0.846. The van der Waals surface area contributed by atoms with Gasteiger partial charge in [-0.3, -0.25) is 0 Å². The predicted octanol–water partition coefficient (Wildman–Crippen LogP) is 3.34. The molecule has 0 fully saturated rings. The zero-order valence-electron chi connectivity index (χ0n) is 11.8. The van der Waals surface area contributed by atoms with E-state index in [9.17, 15) is 4.79 Å². The van der Waals surface area contributed by atoms with Crippen LogP contribution in [0, 0.1) is 0 Å². The molecule has 0 saturated carbocycles. The van der Waals surface area contributed by atoms with Crippen LogP contribution in [0.3, 0.4) is 0 Å². The highest BCUT2D eigenvalue weighted by atomic mass is 16.4. The Morgan fingerprint density at radius 3 is 2.79 bits per heavy atom. The summed E-state index contributed by atoms with van der Waals surface area (Å²) in [5.74, 6) is -0.893. The first-order chi connectivity index (χ1) is 8.99. The van der Waals surface area contributed by atoms with E-state index in [1.807, 2.05) is 13.0 Å². The Bertz CT molecular complexity index is 517. The number of aliphatic carboxylic acids is 1. The van der Waals surface area contributed by atoms with Gasteiger partial charge in [0.25, 0.3) is 0 Å². The fourth-order valence-electron chi connectivity index (χ4n) is 2.65. The van der Waals surface area contributed by atoms with Crippen molar-refractivity contribution in [1.29, 1.82) is 0 Å². The van der Waals surface area contributed by atoms with E-state index in [1.165, 1.54) is 23.7 Å². The second-order valence-electron chi connectivity index (χ2n) is 5.40. The zero-order valence-corrected chi connectivity index (χ0v) is 11.8. The molecule has 2 rings (SSSR count). The third-order valence-corrected chi connectivity index (χ3v) is 3.66. The lowest BCUT2D eigenvalue weighted by atomic mass is 9.96. The van der Waals surface area contributed by atoms with E-state index in [1.54, 1.807) is 0 Å². The molecule has 0 spiro atoms. The van der Waals surface area contributed by atoms with Gasteiger partial charge in [-0.05, 0) is 56.4 Å². The number of carboxylic acids is 1. The smallest absolute Gasteiger partial charge is 0.328 e. The molecule has 1 aromatic carbocycles. The molecule has 0 saturated heterocycles. The van der Waals surface area contributed by atoms with Crippen LogP contribution in [0.15, 0.2) is 24.3 Å². The van der Waals surface area contributed by atoms with Gasteiger partial charge in [0.15, 0.2) is 0 Å². The number of anilines is 1. The van der Waals surface area contributed by atoms with Crippen molar-refractivity contribution in [2.75, 3.05) is 11.4 Å². The van der Waals surface area contributed by atoms with Gasteiger partial charge in [-0.25, -0.2) is 4.79 Å². The van der Waals surface area contributed by atoms with Crippen LogP contribution in [0.1, 0.15) is 38.3 Å². The summed E-state index contributed by atoms with van der Waals surface area (Å²) in [6.45, 7) is 7.32. The highest BCUT2D eigenvalue weighted by Crippen LogP contribution is 2.31. The van der Waals surface area contributed by atoms with Crippen LogP contribution >= 0.6 is 0 Å². The molecule has 3 nitrogen and oxygen atoms in total. The summed E-state index contributed by atoms with van der Waals surface area (Å²) in [6.07, 6.45) is 3.57. The van der Waals surface area contributed by atoms with Gasteiger partial charge in [-0.1, -0.05) is 12.1 Å². The van der Waals surface area contributed by atoms with Crippen molar-refractivity contribution < 1.29 is 9.90 Å². The summed E-state index contributed by atoms with van der Waals surface area (Å²) in [6, 6.07) is 6.76. The zero-order chi connectivity index (χ0) is 14.0. The number of aryl methyl sites for hydroxylation is 1. The molecular weight excluding hydrogens is 238 g/mol. The number of hydrogen-bond donors (Lipinski definition) is 1. The number of allylic oxidation sites excluding steroid dienone is 1. The topological polar surface area (TPSA) is 40.5 Å². The van der Waals surface area contributed by atoms with Gasteiger partial charge in [0, 0.05) is 24.4 Å². The van der Waals surface area contributed by atoms with E-state index in [0.29, 0.717) is 6.04 Å². The molecule has 1 aromatic rings. The molecule has 1 heterocycles. The number of nitrogens with zero attached hydrogens (tertiary/aromatic N) is 1. The lowest BCUT2D eigenvalue weighted by molar-refractivity contribution is -0.131. The van der Waals surface area contributed by atoms with Crippen LogP contribution < -0.4 is 4.90 Å². The molecular formula is C16H21NO2. The molecule has 3 heteroatoms. The van der Waals surface area contributed by atoms with Gasteiger partial charge in [0.2, 0.25) is 0 Å². The number of rotatable bonds is 3. The first-order valence-corrected chi connectivity index (χ1v) is 6.80. The number of carboxylic acid groups (broad SMARTS) is 1. The lowest BCUT2D eigenvalue weighted by Gasteiger charge is -2.35. The van der Waals surface area contributed by atoms with Crippen LogP contribution in [-0.2, 0) is 11.2 Å². The Labute approximate surface area is 114 Å². The molecule has 0 atom stereocenters. The van der Waals surface area contributed by atoms with Crippen LogP contribution in [-0.4, -0.2) is 23.7 Å². The highest BCUT2D eigenvalue weighted by Gasteiger charge is 2.19. The summed E-state index contributed by atoms with van der Waals surface area (Å²) in [5.41, 5.74) is 4.42. The first kappa shape index (κ1) is 13.7. The molecule has 1 aliphatic heterocycles. The van der Waals surface area contributed by atoms with Gasteiger partial charge < -0.3 is 10.0 Å². The summed E-state index contributed by atoms with van der Waals surface area (Å²) in [4.78, 5) is 13.2. The Morgan fingerprint density at radius 2 is 2.16 bits per heavy atom. The maximum Gasteiger partial charge on any atom is 0.328 e. The van der Waals surface area contributed by atoms with Gasteiger partial charge >= 0.3 is 5.97 Å². The van der Waals surface area contributed by atoms with Crippen molar-refractivity contribution in [3.8, 4) is 0 Å². The maximum atomic E-state index is 10.8. The van der Waals surface area contributed by atoms with Gasteiger partial charge in [-0.2, -0.15) is 0 Å². The maximum absolute atomic E-state index is 10.8. The normalized spacial score (nSPS) is 15.6. The third kappa shape index (κ3) is 2.98. The summed E-state index contributed by atoms with van der Waals surface area (Å²) in [5, 5.41) is 8.84. The van der Waals surface area contributed by atoms with Crippen molar-refractivity contribution in [3.63, 3.8) is 0 Å². The predicted molar refractivity (Wildman–Crippen MR) is 78.5 cm³/mol. The SMILES string of the molecule is C/C(=C\C(=O)O)c1ccc2c(c1)N(C(C)C)CCC2. The van der Waals surface area contributed by atoms with E-state index in [4.69, 9.17) is 5.11 Å². The second-order valence-corrected chi connectivity index (χ2v) is 5.40. The van der Waals surface area contributed by atoms with Crippen LogP contribution in [0.4, 0.5) is 5.69 Å². The van der Waals surface area contributed by atoms with E-state index < -0.39 is 5.97 Å². The molecule has 0 aliphatic carbocycles. The third-order valence-electron chi connectivity index (χ3n) is 3.66. The summed E-state index contributed by atoms with van der Waals surface area (Å²) in [7, 11) is 0.